The van der Waals surface area contributed by atoms with Gasteiger partial charge in [-0.25, -0.2) is 9.37 Å². The molecule has 0 atom stereocenters. The molecule has 200 valence electrons. The highest BCUT2D eigenvalue weighted by Gasteiger charge is 2.26. The summed E-state index contributed by atoms with van der Waals surface area (Å²) in [6.07, 6.45) is 2.05. The quantitative estimate of drug-likeness (QED) is 0.207. The number of carbonyl (C=O) groups is 1. The molecule has 0 radical (unpaired) electrons. The van der Waals surface area contributed by atoms with Crippen LogP contribution in [0.5, 0.6) is 0 Å². The van der Waals surface area contributed by atoms with Crippen molar-refractivity contribution in [3.63, 3.8) is 0 Å². The first-order valence-corrected chi connectivity index (χ1v) is 13.1. The minimum Gasteiger partial charge on any atom is -0.336 e. The monoisotopic (exact) mass is 535 g/mol. The van der Waals surface area contributed by atoms with Crippen LogP contribution in [0.15, 0.2) is 97.2 Å². The van der Waals surface area contributed by atoms with Crippen LogP contribution in [0.2, 0.25) is 0 Å². The van der Waals surface area contributed by atoms with E-state index in [0.717, 1.165) is 22.5 Å². The van der Waals surface area contributed by atoms with E-state index in [1.165, 1.54) is 18.2 Å². The van der Waals surface area contributed by atoms with Crippen LogP contribution in [-0.4, -0.2) is 56.2 Å². The summed E-state index contributed by atoms with van der Waals surface area (Å²) in [6.45, 7) is 2.65. The SMILES string of the molecule is O=C(c1ccccc1F)N1CCN(Cc2c(-c3cccc([N+](=O)[O-])c3)nc3ccc(-c4ccccc4)cn23)CC1. The zero-order valence-electron chi connectivity index (χ0n) is 21.6. The smallest absolute Gasteiger partial charge is 0.270 e. The van der Waals surface area contributed by atoms with Crippen LogP contribution in [0.25, 0.3) is 28.0 Å². The summed E-state index contributed by atoms with van der Waals surface area (Å²) >= 11 is 0. The van der Waals surface area contributed by atoms with E-state index in [2.05, 4.69) is 4.90 Å². The molecule has 1 amide bonds. The Kier molecular flexibility index (Phi) is 6.79. The maximum Gasteiger partial charge on any atom is 0.270 e. The third-order valence-corrected chi connectivity index (χ3v) is 7.29. The summed E-state index contributed by atoms with van der Waals surface area (Å²) in [5.41, 5.74) is 5.18. The number of piperazine rings is 1. The Balaban J connectivity index is 1.32. The third kappa shape index (κ3) is 4.94. The molecule has 3 heterocycles. The molecule has 1 fully saturated rings. The maximum atomic E-state index is 14.2. The van der Waals surface area contributed by atoms with E-state index in [4.69, 9.17) is 4.98 Å². The van der Waals surface area contributed by atoms with E-state index in [1.54, 1.807) is 29.2 Å². The van der Waals surface area contributed by atoms with Gasteiger partial charge in [-0.2, -0.15) is 0 Å². The van der Waals surface area contributed by atoms with Gasteiger partial charge in [-0.05, 0) is 35.4 Å². The number of non-ortho nitro benzene ring substituents is 1. The van der Waals surface area contributed by atoms with Crippen LogP contribution < -0.4 is 0 Å². The van der Waals surface area contributed by atoms with E-state index in [-0.39, 0.29) is 17.2 Å². The molecule has 0 bridgehead atoms. The zero-order chi connectivity index (χ0) is 27.6. The molecule has 6 rings (SSSR count). The van der Waals surface area contributed by atoms with Crippen molar-refractivity contribution in [3.8, 4) is 22.4 Å². The van der Waals surface area contributed by atoms with Gasteiger partial charge in [-0.15, -0.1) is 0 Å². The topological polar surface area (TPSA) is 84.0 Å². The number of nitro benzene ring substituents is 1. The average Bonchev–Trinajstić information content (AvgIpc) is 3.35. The second-order valence-corrected chi connectivity index (χ2v) is 9.77. The lowest BCUT2D eigenvalue weighted by atomic mass is 10.1. The molecule has 3 aromatic carbocycles. The number of hydrogen-bond acceptors (Lipinski definition) is 5. The second-order valence-electron chi connectivity index (χ2n) is 9.77. The highest BCUT2D eigenvalue weighted by molar-refractivity contribution is 5.94. The van der Waals surface area contributed by atoms with Crippen molar-refractivity contribution in [1.82, 2.24) is 19.2 Å². The van der Waals surface area contributed by atoms with E-state index in [1.807, 2.05) is 59.1 Å². The lowest BCUT2D eigenvalue weighted by Crippen LogP contribution is -2.48. The number of imidazole rings is 1. The third-order valence-electron chi connectivity index (χ3n) is 7.29. The fourth-order valence-corrected chi connectivity index (χ4v) is 5.17. The summed E-state index contributed by atoms with van der Waals surface area (Å²) in [5.74, 6) is -0.825. The molecule has 1 aliphatic heterocycles. The average molecular weight is 536 g/mol. The van der Waals surface area contributed by atoms with Crippen LogP contribution in [0.1, 0.15) is 16.1 Å². The Labute approximate surface area is 230 Å². The first kappa shape index (κ1) is 25.4. The molecule has 8 nitrogen and oxygen atoms in total. The van der Waals surface area contributed by atoms with Crippen molar-refractivity contribution < 1.29 is 14.1 Å². The molecule has 0 aliphatic carbocycles. The van der Waals surface area contributed by atoms with Crippen LogP contribution in [0.3, 0.4) is 0 Å². The normalized spacial score (nSPS) is 14.0. The van der Waals surface area contributed by atoms with Crippen LogP contribution in [0.4, 0.5) is 10.1 Å². The minimum absolute atomic E-state index is 0.00533. The van der Waals surface area contributed by atoms with Crippen molar-refractivity contribution >= 4 is 17.2 Å². The Morgan fingerprint density at radius 2 is 1.57 bits per heavy atom. The number of carbonyl (C=O) groups excluding carboxylic acids is 1. The molecule has 0 unspecified atom stereocenters. The van der Waals surface area contributed by atoms with Crippen LogP contribution >= 0.6 is 0 Å². The van der Waals surface area contributed by atoms with E-state index >= 15 is 0 Å². The summed E-state index contributed by atoms with van der Waals surface area (Å²) in [4.78, 5) is 32.8. The molecule has 0 saturated carbocycles. The fourth-order valence-electron chi connectivity index (χ4n) is 5.17. The molecule has 5 aromatic rings. The summed E-state index contributed by atoms with van der Waals surface area (Å²) in [6, 6.07) is 26.6. The van der Waals surface area contributed by atoms with Crippen molar-refractivity contribution in [2.24, 2.45) is 0 Å². The predicted octanol–water partition coefficient (Wildman–Crippen LogP) is 5.67. The van der Waals surface area contributed by atoms with Gasteiger partial charge < -0.3 is 9.30 Å². The lowest BCUT2D eigenvalue weighted by Gasteiger charge is -2.34. The number of pyridine rings is 1. The number of amides is 1. The van der Waals surface area contributed by atoms with Crippen molar-refractivity contribution in [2.75, 3.05) is 26.2 Å². The largest absolute Gasteiger partial charge is 0.336 e. The predicted molar refractivity (Wildman–Crippen MR) is 150 cm³/mol. The highest BCUT2D eigenvalue weighted by Crippen LogP contribution is 2.30. The van der Waals surface area contributed by atoms with Gasteiger partial charge in [0.25, 0.3) is 11.6 Å². The fraction of sp³-hybridized carbons (Fsp3) is 0.161. The van der Waals surface area contributed by atoms with Crippen LogP contribution in [-0.2, 0) is 6.54 Å². The number of aromatic nitrogens is 2. The highest BCUT2D eigenvalue weighted by atomic mass is 19.1. The first-order chi connectivity index (χ1) is 19.5. The zero-order valence-corrected chi connectivity index (χ0v) is 21.6. The van der Waals surface area contributed by atoms with Gasteiger partial charge >= 0.3 is 0 Å². The summed E-state index contributed by atoms with van der Waals surface area (Å²) in [7, 11) is 0. The number of nitro groups is 1. The number of hydrogen-bond donors (Lipinski definition) is 0. The molecule has 40 heavy (non-hydrogen) atoms. The van der Waals surface area contributed by atoms with Gasteiger partial charge in [0, 0.05) is 56.6 Å². The second kappa shape index (κ2) is 10.7. The molecule has 1 saturated heterocycles. The van der Waals surface area contributed by atoms with E-state index in [9.17, 15) is 19.3 Å². The van der Waals surface area contributed by atoms with Crippen molar-refractivity contribution in [3.05, 3.63) is 124 Å². The van der Waals surface area contributed by atoms with Crippen molar-refractivity contribution in [1.29, 1.82) is 0 Å². The Hall–Kier alpha value is -4.89. The Morgan fingerprint density at radius 3 is 2.33 bits per heavy atom. The van der Waals surface area contributed by atoms with Gasteiger partial charge in [-0.1, -0.05) is 54.6 Å². The number of fused-ring (bicyclic) bond motifs is 1. The summed E-state index contributed by atoms with van der Waals surface area (Å²) < 4.78 is 16.3. The Bertz CT molecular complexity index is 1710. The van der Waals surface area contributed by atoms with Gasteiger partial charge in [0.1, 0.15) is 11.5 Å². The molecular formula is C31H26FN5O3. The van der Waals surface area contributed by atoms with E-state index in [0.29, 0.717) is 44.0 Å². The van der Waals surface area contributed by atoms with Gasteiger partial charge in [-0.3, -0.25) is 19.8 Å². The minimum atomic E-state index is -0.517. The number of benzene rings is 3. The molecule has 0 spiro atoms. The van der Waals surface area contributed by atoms with Gasteiger partial charge in [0.2, 0.25) is 0 Å². The standard InChI is InChI=1S/C31H26FN5O3/c32-27-12-5-4-11-26(27)31(38)35-17-15-34(16-18-35)21-28-30(23-9-6-10-25(19-23)37(39)40)33-29-14-13-24(20-36(28)29)22-7-2-1-3-8-22/h1-14,19-20H,15-18,21H2. The van der Waals surface area contributed by atoms with Gasteiger partial charge in [0.05, 0.1) is 21.9 Å². The number of rotatable bonds is 6. The molecule has 1 aliphatic rings. The molecule has 9 heteroatoms. The number of nitrogens with zero attached hydrogens (tertiary/aromatic N) is 5. The number of halogens is 1. The van der Waals surface area contributed by atoms with Gasteiger partial charge in [0.15, 0.2) is 0 Å². The molecular weight excluding hydrogens is 509 g/mol. The Morgan fingerprint density at radius 1 is 0.850 bits per heavy atom. The maximum absolute atomic E-state index is 14.2. The van der Waals surface area contributed by atoms with E-state index < -0.39 is 10.7 Å². The first-order valence-electron chi connectivity index (χ1n) is 13.1. The van der Waals surface area contributed by atoms with Crippen molar-refractivity contribution in [2.45, 2.75) is 6.54 Å². The lowest BCUT2D eigenvalue weighted by molar-refractivity contribution is -0.384. The van der Waals surface area contributed by atoms with Crippen LogP contribution in [0, 0.1) is 15.9 Å². The molecule has 2 aromatic heterocycles. The molecule has 0 N–H and O–H groups in total. The summed E-state index contributed by atoms with van der Waals surface area (Å²) in [5, 5.41) is 11.5.